The van der Waals surface area contributed by atoms with Crippen LogP contribution in [0, 0.1) is 5.92 Å². The van der Waals surface area contributed by atoms with Crippen LogP contribution in [0.3, 0.4) is 0 Å². The SMILES string of the molecule is CCCCCCCCCCCCCCCCCC(=O)OC[C@H](COP(=O)(O)OC[C@@H](O)COP(=O)(O)OC[C@@H](COC(=O)CCCCCCC)OC(=O)CCCCCCC)OC(=O)CCCCCCCCCCCCCCCCCCCCC(C)C. The van der Waals surface area contributed by atoms with E-state index in [9.17, 15) is 43.2 Å². The second-order valence-corrected chi connectivity index (χ2v) is 27.6. The second kappa shape index (κ2) is 60.6. The summed E-state index contributed by atoms with van der Waals surface area (Å²) in [5, 5.41) is 10.5. The molecule has 3 N–H and O–H groups in total. The van der Waals surface area contributed by atoms with Crippen LogP contribution >= 0.6 is 15.6 Å². The molecule has 86 heavy (non-hydrogen) atoms. The number of phosphoric acid groups is 2. The molecule has 0 amide bonds. The highest BCUT2D eigenvalue weighted by Gasteiger charge is 2.30. The van der Waals surface area contributed by atoms with Crippen molar-refractivity contribution in [1.29, 1.82) is 0 Å². The Morgan fingerprint density at radius 2 is 0.535 bits per heavy atom. The lowest BCUT2D eigenvalue weighted by Gasteiger charge is -2.21. The molecule has 0 aliphatic rings. The van der Waals surface area contributed by atoms with Gasteiger partial charge >= 0.3 is 39.5 Å². The van der Waals surface area contributed by atoms with Gasteiger partial charge in [-0.05, 0) is 31.6 Å². The number of unbranched alkanes of at least 4 members (excludes halogenated alkanes) is 39. The molecule has 0 heterocycles. The number of carbonyl (C=O) groups is 4. The highest BCUT2D eigenvalue weighted by molar-refractivity contribution is 7.47. The maximum Gasteiger partial charge on any atom is 0.472 e. The fourth-order valence-corrected chi connectivity index (χ4v) is 11.7. The van der Waals surface area contributed by atoms with Crippen molar-refractivity contribution in [3.05, 3.63) is 0 Å². The van der Waals surface area contributed by atoms with Crippen LogP contribution in [-0.2, 0) is 65.4 Å². The molecule has 510 valence electrons. The van der Waals surface area contributed by atoms with Gasteiger partial charge < -0.3 is 33.8 Å². The largest absolute Gasteiger partial charge is 0.472 e. The summed E-state index contributed by atoms with van der Waals surface area (Å²) in [6, 6.07) is 0. The van der Waals surface area contributed by atoms with Crippen molar-refractivity contribution in [3.8, 4) is 0 Å². The number of carbonyl (C=O) groups excluding carboxylic acids is 4. The van der Waals surface area contributed by atoms with Crippen molar-refractivity contribution >= 4 is 39.5 Å². The maximum absolute atomic E-state index is 13.0. The summed E-state index contributed by atoms with van der Waals surface area (Å²) in [6.45, 7) is 7.07. The monoisotopic (exact) mass is 1270 g/mol. The zero-order valence-corrected chi connectivity index (χ0v) is 57.2. The van der Waals surface area contributed by atoms with Crippen LogP contribution in [0.15, 0.2) is 0 Å². The minimum Gasteiger partial charge on any atom is -0.462 e. The van der Waals surface area contributed by atoms with Gasteiger partial charge in [0.15, 0.2) is 12.2 Å². The number of hydrogen-bond acceptors (Lipinski definition) is 15. The number of ether oxygens (including phenoxy) is 4. The van der Waals surface area contributed by atoms with E-state index in [-0.39, 0.29) is 25.7 Å². The molecule has 0 saturated heterocycles. The summed E-state index contributed by atoms with van der Waals surface area (Å²) in [6.07, 6.45) is 46.8. The number of esters is 4. The fraction of sp³-hybridized carbons (Fsp3) is 0.940. The van der Waals surface area contributed by atoms with Crippen molar-refractivity contribution in [2.24, 2.45) is 5.92 Å². The lowest BCUT2D eigenvalue weighted by Crippen LogP contribution is -2.30. The second-order valence-electron chi connectivity index (χ2n) is 24.7. The van der Waals surface area contributed by atoms with E-state index < -0.39 is 97.5 Å². The Bertz CT molecular complexity index is 1670. The van der Waals surface area contributed by atoms with Gasteiger partial charge in [0.05, 0.1) is 26.4 Å². The van der Waals surface area contributed by atoms with Gasteiger partial charge in [-0.1, -0.05) is 291 Å². The lowest BCUT2D eigenvalue weighted by molar-refractivity contribution is -0.161. The summed E-state index contributed by atoms with van der Waals surface area (Å²) in [5.74, 6) is -1.33. The minimum absolute atomic E-state index is 0.0991. The third kappa shape index (κ3) is 60.9. The number of hydrogen-bond donors (Lipinski definition) is 3. The van der Waals surface area contributed by atoms with Crippen LogP contribution in [0.5, 0.6) is 0 Å². The molecule has 0 aliphatic heterocycles. The van der Waals surface area contributed by atoms with E-state index in [0.29, 0.717) is 25.7 Å². The Morgan fingerprint density at radius 3 is 0.791 bits per heavy atom. The fourth-order valence-electron chi connectivity index (χ4n) is 10.1. The van der Waals surface area contributed by atoms with Gasteiger partial charge in [0, 0.05) is 25.7 Å². The van der Waals surface area contributed by atoms with Crippen molar-refractivity contribution in [2.45, 2.75) is 361 Å². The van der Waals surface area contributed by atoms with Crippen LogP contribution in [0.1, 0.15) is 343 Å². The predicted molar refractivity (Wildman–Crippen MR) is 345 cm³/mol. The van der Waals surface area contributed by atoms with Crippen molar-refractivity contribution in [1.82, 2.24) is 0 Å². The lowest BCUT2D eigenvalue weighted by atomic mass is 10.0. The van der Waals surface area contributed by atoms with E-state index in [0.717, 1.165) is 102 Å². The topological polar surface area (TPSA) is 237 Å². The van der Waals surface area contributed by atoms with Crippen LogP contribution in [0.2, 0.25) is 0 Å². The van der Waals surface area contributed by atoms with Crippen LogP contribution in [-0.4, -0.2) is 96.7 Å². The van der Waals surface area contributed by atoms with Crippen LogP contribution < -0.4 is 0 Å². The van der Waals surface area contributed by atoms with Crippen molar-refractivity contribution in [3.63, 3.8) is 0 Å². The maximum atomic E-state index is 13.0. The van der Waals surface area contributed by atoms with Gasteiger partial charge in [0.1, 0.15) is 19.3 Å². The molecule has 0 aromatic rings. The Hall–Kier alpha value is -1.94. The molecule has 5 atom stereocenters. The van der Waals surface area contributed by atoms with Crippen LogP contribution in [0.4, 0.5) is 0 Å². The number of aliphatic hydroxyl groups is 1. The molecule has 0 aromatic carbocycles. The number of aliphatic hydroxyl groups excluding tert-OH is 1. The molecular weight excluding hydrogens is 1140 g/mol. The molecule has 19 heteroatoms. The molecular formula is C67H130O17P2. The summed E-state index contributed by atoms with van der Waals surface area (Å²) in [4.78, 5) is 71.8. The third-order valence-corrected chi connectivity index (χ3v) is 17.4. The van der Waals surface area contributed by atoms with Gasteiger partial charge in [-0.25, -0.2) is 9.13 Å². The van der Waals surface area contributed by atoms with E-state index in [1.54, 1.807) is 0 Å². The summed E-state index contributed by atoms with van der Waals surface area (Å²) >= 11 is 0. The van der Waals surface area contributed by atoms with Gasteiger partial charge in [0.25, 0.3) is 0 Å². The first-order valence-electron chi connectivity index (χ1n) is 35.1. The zero-order chi connectivity index (χ0) is 63.5. The molecule has 0 rings (SSSR count). The summed E-state index contributed by atoms with van der Waals surface area (Å²) < 4.78 is 67.7. The highest BCUT2D eigenvalue weighted by Crippen LogP contribution is 2.45. The van der Waals surface area contributed by atoms with Gasteiger partial charge in [-0.3, -0.25) is 37.3 Å². The molecule has 0 aromatic heterocycles. The summed E-state index contributed by atoms with van der Waals surface area (Å²) in [5.41, 5.74) is 0. The standard InChI is InChI=1S/C67H130O17P2/c1-6-9-12-15-16-17-18-19-24-28-31-34-37-42-46-51-65(70)78-57-63(84-67(72)53-48-43-38-35-32-29-26-23-21-20-22-25-27-30-33-36-41-44-49-60(4)5)59-82-86(75,76)80-55-61(68)54-79-85(73,74)81-58-62(83-66(71)52-47-40-14-11-8-3)56-77-64(69)50-45-39-13-10-7-2/h60-63,68H,6-59H2,1-5H3,(H,73,74)(H,75,76)/t61-,62+,63+/m0/s1. The Morgan fingerprint density at radius 1 is 0.314 bits per heavy atom. The first kappa shape index (κ1) is 84.1. The van der Waals surface area contributed by atoms with E-state index >= 15 is 0 Å². The first-order valence-corrected chi connectivity index (χ1v) is 38.1. The summed E-state index contributed by atoms with van der Waals surface area (Å²) in [7, 11) is -9.87. The molecule has 0 fully saturated rings. The molecule has 0 spiro atoms. The Balaban J connectivity index is 5.04. The third-order valence-electron chi connectivity index (χ3n) is 15.5. The van der Waals surface area contributed by atoms with E-state index in [4.69, 9.17) is 37.0 Å². The predicted octanol–water partition coefficient (Wildman–Crippen LogP) is 19.0. The van der Waals surface area contributed by atoms with Gasteiger partial charge in [-0.2, -0.15) is 0 Å². The molecule has 2 unspecified atom stereocenters. The number of phosphoric ester groups is 2. The first-order chi connectivity index (χ1) is 41.5. The molecule has 0 saturated carbocycles. The average molecular weight is 1270 g/mol. The van der Waals surface area contributed by atoms with Crippen LogP contribution in [0.25, 0.3) is 0 Å². The Kier molecular flexibility index (Phi) is 59.2. The van der Waals surface area contributed by atoms with Gasteiger partial charge in [-0.15, -0.1) is 0 Å². The Labute approximate surface area is 524 Å². The zero-order valence-electron chi connectivity index (χ0n) is 55.4. The average Bonchev–Trinajstić information content (AvgIpc) is 3.57. The number of rotatable bonds is 67. The van der Waals surface area contributed by atoms with E-state index in [1.165, 1.54) is 161 Å². The van der Waals surface area contributed by atoms with Gasteiger partial charge in [0.2, 0.25) is 0 Å². The van der Waals surface area contributed by atoms with Crippen molar-refractivity contribution in [2.75, 3.05) is 39.6 Å². The van der Waals surface area contributed by atoms with Crippen molar-refractivity contribution < 1.29 is 80.2 Å². The molecule has 0 aliphatic carbocycles. The molecule has 0 bridgehead atoms. The highest BCUT2D eigenvalue weighted by atomic mass is 31.2. The molecule has 0 radical (unpaired) electrons. The molecule has 17 nitrogen and oxygen atoms in total. The smallest absolute Gasteiger partial charge is 0.462 e. The van der Waals surface area contributed by atoms with E-state index in [1.807, 2.05) is 0 Å². The normalized spacial score (nSPS) is 14.2. The van der Waals surface area contributed by atoms with E-state index in [2.05, 4.69) is 34.6 Å². The quantitative estimate of drug-likeness (QED) is 0.0222. The minimum atomic E-state index is -4.94.